The molecule has 154 valence electrons. The molecule has 0 spiro atoms. The molecule has 0 saturated heterocycles. The van der Waals surface area contributed by atoms with E-state index in [9.17, 15) is 4.79 Å². The van der Waals surface area contributed by atoms with Gasteiger partial charge < -0.3 is 14.3 Å². The molecule has 0 amide bonds. The topological polar surface area (TPSA) is 126 Å². The highest BCUT2D eigenvalue weighted by molar-refractivity contribution is 6.30. The van der Waals surface area contributed by atoms with Crippen molar-refractivity contribution in [2.45, 2.75) is 25.4 Å². The predicted molar refractivity (Wildman–Crippen MR) is 113 cm³/mol. The Morgan fingerprint density at radius 3 is 2.80 bits per heavy atom. The van der Waals surface area contributed by atoms with Gasteiger partial charge in [0.15, 0.2) is 11.7 Å². The van der Waals surface area contributed by atoms with Crippen molar-refractivity contribution in [3.8, 4) is 11.3 Å². The van der Waals surface area contributed by atoms with E-state index < -0.39 is 5.56 Å². The molecule has 1 aromatic carbocycles. The molecule has 10 heteroatoms. The van der Waals surface area contributed by atoms with Crippen LogP contribution in [0.25, 0.3) is 11.3 Å². The largest absolute Gasteiger partial charge is 0.356 e. The van der Waals surface area contributed by atoms with Gasteiger partial charge in [-0.2, -0.15) is 5.10 Å². The minimum absolute atomic E-state index is 0.0176. The van der Waals surface area contributed by atoms with Crippen LogP contribution in [0.4, 0.5) is 0 Å². The van der Waals surface area contributed by atoms with E-state index in [1.165, 1.54) is 17.2 Å². The molecule has 0 bridgehead atoms. The van der Waals surface area contributed by atoms with E-state index in [1.54, 1.807) is 19.2 Å². The van der Waals surface area contributed by atoms with Crippen molar-refractivity contribution >= 4 is 23.4 Å². The average Bonchev–Trinajstić information content (AvgIpc) is 3.47. The molecule has 2 aromatic heterocycles. The van der Waals surface area contributed by atoms with E-state index in [4.69, 9.17) is 26.9 Å². The maximum absolute atomic E-state index is 11.5. The van der Waals surface area contributed by atoms with Crippen LogP contribution >= 0.6 is 11.6 Å². The maximum atomic E-state index is 11.5. The first-order chi connectivity index (χ1) is 14.4. The molecule has 1 aliphatic rings. The van der Waals surface area contributed by atoms with Gasteiger partial charge in [-0.3, -0.25) is 15.6 Å². The second kappa shape index (κ2) is 8.11. The number of nitrogens with zero attached hydrogens (tertiary/aromatic N) is 4. The lowest BCUT2D eigenvalue weighted by atomic mass is 10.1. The second-order valence-corrected chi connectivity index (χ2v) is 7.55. The Hall–Kier alpha value is -3.46. The molecule has 0 radical (unpaired) electrons. The number of rotatable bonds is 5. The summed E-state index contributed by atoms with van der Waals surface area (Å²) in [6, 6.07) is 10.7. The number of amidine groups is 1. The summed E-state index contributed by atoms with van der Waals surface area (Å²) in [5, 5.41) is 27.8. The Kier molecular flexibility index (Phi) is 5.37. The Morgan fingerprint density at radius 2 is 2.10 bits per heavy atom. The van der Waals surface area contributed by atoms with Crippen LogP contribution in [0.5, 0.6) is 0 Å². The molecule has 4 rings (SSSR count). The van der Waals surface area contributed by atoms with Gasteiger partial charge in [0.2, 0.25) is 0 Å². The third kappa shape index (κ3) is 4.25. The Morgan fingerprint density at radius 1 is 1.30 bits per heavy atom. The van der Waals surface area contributed by atoms with Crippen molar-refractivity contribution in [1.82, 2.24) is 25.2 Å². The third-order valence-corrected chi connectivity index (χ3v) is 5.09. The molecular formula is C20H20ClN7O2. The van der Waals surface area contributed by atoms with Crippen molar-refractivity contribution in [3.63, 3.8) is 0 Å². The molecule has 30 heavy (non-hydrogen) atoms. The van der Waals surface area contributed by atoms with E-state index in [0.29, 0.717) is 28.6 Å². The summed E-state index contributed by atoms with van der Waals surface area (Å²) in [6.07, 6.45) is 3.33. The zero-order valence-electron chi connectivity index (χ0n) is 16.2. The summed E-state index contributed by atoms with van der Waals surface area (Å²) >= 11 is 6.05. The van der Waals surface area contributed by atoms with Gasteiger partial charge in [-0.25, -0.2) is 5.10 Å². The van der Waals surface area contributed by atoms with Gasteiger partial charge >= 0.3 is 0 Å². The van der Waals surface area contributed by atoms with E-state index in [0.717, 1.165) is 18.4 Å². The zero-order chi connectivity index (χ0) is 21.3. The van der Waals surface area contributed by atoms with Gasteiger partial charge in [0.1, 0.15) is 11.5 Å². The second-order valence-electron chi connectivity index (χ2n) is 7.12. The van der Waals surface area contributed by atoms with Gasteiger partial charge in [0.05, 0.1) is 12.7 Å². The summed E-state index contributed by atoms with van der Waals surface area (Å²) in [5.41, 5.74) is 1.45. The molecule has 1 fully saturated rings. The molecule has 0 aliphatic heterocycles. The quantitative estimate of drug-likeness (QED) is 0.426. The minimum Gasteiger partial charge on any atom is -0.356 e. The molecule has 1 saturated carbocycles. The molecule has 1 aliphatic carbocycles. The number of halogens is 1. The highest BCUT2D eigenvalue weighted by Gasteiger charge is 2.34. The van der Waals surface area contributed by atoms with Crippen LogP contribution < -0.4 is 5.56 Å². The first kappa shape index (κ1) is 19.8. The number of hydrogen-bond acceptors (Lipinski definition) is 6. The van der Waals surface area contributed by atoms with Crippen molar-refractivity contribution in [2.75, 3.05) is 7.05 Å². The van der Waals surface area contributed by atoms with Gasteiger partial charge in [0, 0.05) is 41.4 Å². The number of aromatic amines is 1. The number of H-pyrrole nitrogens is 1. The number of benzene rings is 1. The molecule has 2 heterocycles. The predicted octanol–water partition coefficient (Wildman–Crippen LogP) is 2.93. The summed E-state index contributed by atoms with van der Waals surface area (Å²) in [5.74, 6) is 0.768. The van der Waals surface area contributed by atoms with E-state index in [2.05, 4.69) is 15.4 Å². The van der Waals surface area contributed by atoms with Crippen LogP contribution in [0, 0.1) is 10.8 Å². The number of aromatic nitrogens is 3. The Balaban J connectivity index is 1.51. The summed E-state index contributed by atoms with van der Waals surface area (Å²) in [7, 11) is 1.63. The van der Waals surface area contributed by atoms with Crippen LogP contribution in [-0.4, -0.2) is 50.0 Å². The smallest absolute Gasteiger partial charge is 0.264 e. The standard InChI is InChI=1S/C20H20ClN7O2/c1-27(19(22)13-8-18(29)25-24-10-13)20(23)28(16-5-6-16)11-15-9-17(30-26-15)12-3-2-4-14(21)7-12/h2-4,7-10,16,22-23H,5-6,11H2,1H3,(H,25,29). The van der Waals surface area contributed by atoms with Crippen LogP contribution in [0.2, 0.25) is 5.02 Å². The molecule has 3 aromatic rings. The van der Waals surface area contributed by atoms with E-state index in [1.807, 2.05) is 23.1 Å². The monoisotopic (exact) mass is 425 g/mol. The maximum Gasteiger partial charge on any atom is 0.264 e. The minimum atomic E-state index is -0.396. The van der Waals surface area contributed by atoms with Gasteiger partial charge in [-0.1, -0.05) is 28.9 Å². The van der Waals surface area contributed by atoms with Crippen molar-refractivity contribution in [2.24, 2.45) is 0 Å². The summed E-state index contributed by atoms with van der Waals surface area (Å²) in [4.78, 5) is 14.8. The summed E-state index contributed by atoms with van der Waals surface area (Å²) < 4.78 is 5.47. The third-order valence-electron chi connectivity index (χ3n) is 4.85. The molecule has 0 unspecified atom stereocenters. The van der Waals surface area contributed by atoms with Crippen LogP contribution in [0.1, 0.15) is 24.1 Å². The first-order valence-electron chi connectivity index (χ1n) is 9.36. The van der Waals surface area contributed by atoms with Crippen molar-refractivity contribution < 1.29 is 4.52 Å². The molecule has 3 N–H and O–H groups in total. The lowest BCUT2D eigenvalue weighted by Crippen LogP contribution is -2.45. The number of guanidine groups is 1. The van der Waals surface area contributed by atoms with Crippen LogP contribution in [0.3, 0.4) is 0 Å². The van der Waals surface area contributed by atoms with E-state index >= 15 is 0 Å². The SMILES string of the molecule is CN(C(=N)c1cn[nH]c(=O)c1)C(=N)N(Cc1cc(-c2cccc(Cl)c2)on1)C1CC1. The molecule has 9 nitrogen and oxygen atoms in total. The molecular weight excluding hydrogens is 406 g/mol. The highest BCUT2D eigenvalue weighted by Crippen LogP contribution is 2.30. The summed E-state index contributed by atoms with van der Waals surface area (Å²) in [6.45, 7) is 0.374. The Bertz CT molecular complexity index is 1150. The van der Waals surface area contributed by atoms with E-state index in [-0.39, 0.29) is 17.8 Å². The van der Waals surface area contributed by atoms with Crippen LogP contribution in [-0.2, 0) is 6.54 Å². The lowest BCUT2D eigenvalue weighted by molar-refractivity contribution is 0.343. The zero-order valence-corrected chi connectivity index (χ0v) is 17.0. The number of nitrogens with one attached hydrogen (secondary N) is 3. The fraction of sp³-hybridized carbons (Fsp3) is 0.250. The Labute approximate surface area is 177 Å². The van der Waals surface area contributed by atoms with Gasteiger partial charge in [0.25, 0.3) is 5.56 Å². The average molecular weight is 426 g/mol. The fourth-order valence-electron chi connectivity index (χ4n) is 3.10. The fourth-order valence-corrected chi connectivity index (χ4v) is 3.29. The van der Waals surface area contributed by atoms with Crippen molar-refractivity contribution in [3.05, 3.63) is 69.2 Å². The highest BCUT2D eigenvalue weighted by atomic mass is 35.5. The van der Waals surface area contributed by atoms with Gasteiger partial charge in [-0.15, -0.1) is 0 Å². The normalized spacial score (nSPS) is 13.1. The van der Waals surface area contributed by atoms with Crippen LogP contribution in [0.15, 0.2) is 51.9 Å². The molecule has 0 atom stereocenters. The van der Waals surface area contributed by atoms with Crippen molar-refractivity contribution in [1.29, 1.82) is 10.8 Å². The van der Waals surface area contributed by atoms with Gasteiger partial charge in [-0.05, 0) is 25.0 Å². The first-order valence-corrected chi connectivity index (χ1v) is 9.74. The number of hydrogen-bond donors (Lipinski definition) is 3. The lowest BCUT2D eigenvalue weighted by Gasteiger charge is -2.30.